The van der Waals surface area contributed by atoms with Crippen LogP contribution in [-0.2, 0) is 4.79 Å². The Hall–Kier alpha value is 0.600. The van der Waals surface area contributed by atoms with Crippen LogP contribution < -0.4 is 0 Å². The monoisotopic (exact) mass is 200 g/mol. The molecule has 1 nitrogen and oxygen atoms in total. The second kappa shape index (κ2) is 7.70. The maximum absolute atomic E-state index is 10.2. The number of alkyl halides is 1. The number of hydrogen-bond acceptors (Lipinski definition) is 2. The van der Waals surface area contributed by atoms with E-state index in [-0.39, 0.29) is 5.24 Å². The molecule has 0 rings (SSSR count). The van der Waals surface area contributed by atoms with Crippen molar-refractivity contribution >= 4 is 40.2 Å². The summed E-state index contributed by atoms with van der Waals surface area (Å²) in [7, 11) is 0. The molecule has 0 atom stereocenters. The lowest BCUT2D eigenvalue weighted by atomic mass is 10.4. The second-order valence-corrected chi connectivity index (χ2v) is 3.78. The zero-order chi connectivity index (χ0) is 7.82. The molecule has 0 heterocycles. The maximum Gasteiger partial charge on any atom is 0.221 e. The van der Waals surface area contributed by atoms with Crippen molar-refractivity contribution in [3.8, 4) is 0 Å². The van der Waals surface area contributed by atoms with Crippen LogP contribution in [-0.4, -0.2) is 22.6 Å². The van der Waals surface area contributed by atoms with E-state index in [0.717, 1.165) is 17.9 Å². The summed E-state index contributed by atoms with van der Waals surface area (Å²) in [6.45, 7) is 0. The van der Waals surface area contributed by atoms with Crippen LogP contribution in [0.15, 0.2) is 0 Å². The highest BCUT2D eigenvalue weighted by Crippen LogP contribution is 2.05. The number of thioether (sulfide) groups is 1. The Balaban J connectivity index is 2.84. The van der Waals surface area contributed by atoms with E-state index >= 15 is 0 Å². The van der Waals surface area contributed by atoms with Crippen LogP contribution in [0.25, 0.3) is 0 Å². The van der Waals surface area contributed by atoms with Gasteiger partial charge < -0.3 is 0 Å². The lowest BCUT2D eigenvalue weighted by Crippen LogP contribution is -1.89. The van der Waals surface area contributed by atoms with E-state index in [0.29, 0.717) is 12.3 Å². The van der Waals surface area contributed by atoms with Gasteiger partial charge in [0.15, 0.2) is 0 Å². The van der Waals surface area contributed by atoms with Crippen molar-refractivity contribution in [1.82, 2.24) is 0 Å². The highest BCUT2D eigenvalue weighted by atomic mass is 35.5. The quantitative estimate of drug-likeness (QED) is 0.373. The Morgan fingerprint density at radius 3 is 2.60 bits per heavy atom. The molecule has 0 aliphatic carbocycles. The molecule has 60 valence electrons. The van der Waals surface area contributed by atoms with Crippen molar-refractivity contribution in [3.63, 3.8) is 0 Å². The number of carbonyl (C=O) groups excluding carboxylic acids is 1. The molecule has 0 aliphatic heterocycles. The highest BCUT2D eigenvalue weighted by Gasteiger charge is 1.94. The van der Waals surface area contributed by atoms with E-state index in [9.17, 15) is 4.79 Å². The minimum atomic E-state index is -0.244. The minimum Gasteiger partial charge on any atom is -0.281 e. The van der Waals surface area contributed by atoms with Gasteiger partial charge in [-0.05, 0) is 23.8 Å². The van der Waals surface area contributed by atoms with Crippen LogP contribution in [0, 0.1) is 0 Å². The first-order chi connectivity index (χ1) is 4.77. The van der Waals surface area contributed by atoms with Gasteiger partial charge in [-0.25, -0.2) is 0 Å². The van der Waals surface area contributed by atoms with Crippen molar-refractivity contribution in [1.29, 1.82) is 0 Å². The Labute approximate surface area is 75.5 Å². The molecule has 0 saturated carbocycles. The first-order valence-electron chi connectivity index (χ1n) is 3.09. The van der Waals surface area contributed by atoms with Gasteiger partial charge in [0.2, 0.25) is 5.24 Å². The molecular formula is C6H10Cl2OS. The van der Waals surface area contributed by atoms with Crippen molar-refractivity contribution in [3.05, 3.63) is 0 Å². The van der Waals surface area contributed by atoms with E-state index in [4.69, 9.17) is 23.2 Å². The molecule has 10 heavy (non-hydrogen) atoms. The molecule has 0 saturated heterocycles. The molecule has 0 aromatic carbocycles. The van der Waals surface area contributed by atoms with Gasteiger partial charge in [0.25, 0.3) is 0 Å². The number of rotatable bonds is 6. The minimum absolute atomic E-state index is 0.244. The SMILES string of the molecule is O=C(Cl)CCCSCCCl. The van der Waals surface area contributed by atoms with Crippen molar-refractivity contribution in [2.45, 2.75) is 12.8 Å². The Morgan fingerprint density at radius 2 is 2.10 bits per heavy atom. The molecule has 0 amide bonds. The Kier molecular flexibility index (Phi) is 8.17. The second-order valence-electron chi connectivity index (χ2n) is 1.76. The molecule has 0 spiro atoms. The van der Waals surface area contributed by atoms with Gasteiger partial charge in [-0.2, -0.15) is 11.8 Å². The molecule has 0 radical (unpaired) electrons. The molecule has 0 aliphatic rings. The van der Waals surface area contributed by atoms with Gasteiger partial charge in [-0.1, -0.05) is 0 Å². The summed E-state index contributed by atoms with van der Waals surface area (Å²) in [5.74, 6) is 2.61. The van der Waals surface area contributed by atoms with Crippen LogP contribution in [0.4, 0.5) is 0 Å². The van der Waals surface area contributed by atoms with Crippen LogP contribution in [0.5, 0.6) is 0 Å². The van der Waals surface area contributed by atoms with Crippen LogP contribution in [0.2, 0.25) is 0 Å². The van der Waals surface area contributed by atoms with Gasteiger partial charge >= 0.3 is 0 Å². The fraction of sp³-hybridized carbons (Fsp3) is 0.833. The largest absolute Gasteiger partial charge is 0.281 e. The third-order valence-electron chi connectivity index (χ3n) is 0.883. The lowest BCUT2D eigenvalue weighted by Gasteiger charge is -1.94. The van der Waals surface area contributed by atoms with Crippen LogP contribution >= 0.6 is 35.0 Å². The van der Waals surface area contributed by atoms with Crippen molar-refractivity contribution < 1.29 is 4.79 Å². The zero-order valence-corrected chi connectivity index (χ0v) is 7.94. The number of halogens is 2. The Bertz CT molecular complexity index is 97.7. The predicted molar refractivity (Wildman–Crippen MR) is 48.1 cm³/mol. The van der Waals surface area contributed by atoms with Crippen molar-refractivity contribution in [2.24, 2.45) is 0 Å². The van der Waals surface area contributed by atoms with Gasteiger partial charge in [-0.3, -0.25) is 4.79 Å². The zero-order valence-electron chi connectivity index (χ0n) is 5.61. The number of carbonyl (C=O) groups is 1. The van der Waals surface area contributed by atoms with E-state index in [2.05, 4.69) is 0 Å². The van der Waals surface area contributed by atoms with Crippen LogP contribution in [0.3, 0.4) is 0 Å². The normalized spacial score (nSPS) is 9.80. The topological polar surface area (TPSA) is 17.1 Å². The summed E-state index contributed by atoms with van der Waals surface area (Å²) in [4.78, 5) is 10.2. The van der Waals surface area contributed by atoms with E-state index < -0.39 is 0 Å². The first kappa shape index (κ1) is 10.6. The fourth-order valence-corrected chi connectivity index (χ4v) is 1.59. The van der Waals surface area contributed by atoms with Gasteiger partial charge in [0.05, 0.1) is 0 Å². The van der Waals surface area contributed by atoms with Gasteiger partial charge in [0, 0.05) is 18.1 Å². The van der Waals surface area contributed by atoms with E-state index in [1.165, 1.54) is 0 Å². The molecule has 4 heteroatoms. The highest BCUT2D eigenvalue weighted by molar-refractivity contribution is 7.99. The van der Waals surface area contributed by atoms with Crippen molar-refractivity contribution in [2.75, 3.05) is 17.4 Å². The van der Waals surface area contributed by atoms with E-state index in [1.807, 2.05) is 0 Å². The number of hydrogen-bond donors (Lipinski definition) is 0. The van der Waals surface area contributed by atoms with E-state index in [1.54, 1.807) is 11.8 Å². The smallest absolute Gasteiger partial charge is 0.221 e. The average molecular weight is 201 g/mol. The molecule has 0 fully saturated rings. The molecule has 0 bridgehead atoms. The fourth-order valence-electron chi connectivity index (χ4n) is 0.470. The van der Waals surface area contributed by atoms with Gasteiger partial charge in [0.1, 0.15) is 0 Å². The van der Waals surface area contributed by atoms with Crippen LogP contribution in [0.1, 0.15) is 12.8 Å². The van der Waals surface area contributed by atoms with Gasteiger partial charge in [-0.15, -0.1) is 11.6 Å². The Morgan fingerprint density at radius 1 is 1.40 bits per heavy atom. The molecular weight excluding hydrogens is 191 g/mol. The summed E-state index contributed by atoms with van der Waals surface area (Å²) in [5.41, 5.74) is 0. The predicted octanol–water partition coefficient (Wildman–Crippen LogP) is 2.50. The first-order valence-corrected chi connectivity index (χ1v) is 5.16. The third kappa shape index (κ3) is 8.60. The standard InChI is InChI=1S/C6H10Cl2OS/c7-3-5-10-4-1-2-6(8)9/h1-5H2. The molecule has 0 N–H and O–H groups in total. The summed E-state index contributed by atoms with van der Waals surface area (Å²) in [6, 6.07) is 0. The average Bonchev–Trinajstić information content (AvgIpc) is 1.87. The molecule has 0 aromatic rings. The summed E-state index contributed by atoms with van der Waals surface area (Å²) in [6.07, 6.45) is 1.35. The summed E-state index contributed by atoms with van der Waals surface area (Å²) in [5, 5.41) is -0.244. The third-order valence-corrected chi connectivity index (χ3v) is 2.56. The molecule has 0 unspecified atom stereocenters. The maximum atomic E-state index is 10.2. The summed E-state index contributed by atoms with van der Waals surface area (Å²) < 4.78 is 0. The lowest BCUT2D eigenvalue weighted by molar-refractivity contribution is -0.111. The summed E-state index contributed by atoms with van der Waals surface area (Å²) >= 11 is 12.3. The molecule has 0 aromatic heterocycles.